The van der Waals surface area contributed by atoms with Gasteiger partial charge >= 0.3 is 5.97 Å². The molecule has 1 amide bonds. The maximum atomic E-state index is 11.8. The van der Waals surface area contributed by atoms with Crippen LogP contribution in [0, 0.1) is 0 Å². The molecule has 1 fully saturated rings. The molecule has 2 atom stereocenters. The van der Waals surface area contributed by atoms with Crippen LogP contribution >= 0.6 is 0 Å². The Kier molecular flexibility index (Phi) is 3.47. The quantitative estimate of drug-likeness (QED) is 0.756. The highest BCUT2D eigenvalue weighted by molar-refractivity contribution is 5.94. The van der Waals surface area contributed by atoms with Gasteiger partial charge in [0.1, 0.15) is 11.8 Å². The third kappa shape index (κ3) is 2.60. The Labute approximate surface area is 103 Å². The number of rotatable bonds is 3. The number of carboxylic acid groups (broad SMARTS) is 1. The standard InChI is InChI=1S/C12H13NO5/c14-8-6-10(12(16)17)13(7-8)11(15)4-3-9-2-1-5-18-9/h1-5,8,10,14H,6-7H2,(H,16,17)/t8-,10+/m1/s1. The molecule has 96 valence electrons. The molecule has 0 spiro atoms. The molecule has 1 aromatic rings. The molecule has 2 heterocycles. The van der Waals surface area contributed by atoms with Crippen LogP contribution in [0.3, 0.4) is 0 Å². The predicted octanol–water partition coefficient (Wildman–Crippen LogP) is 0.339. The summed E-state index contributed by atoms with van der Waals surface area (Å²) in [4.78, 5) is 23.9. The lowest BCUT2D eigenvalue weighted by Crippen LogP contribution is -2.39. The average molecular weight is 251 g/mol. The zero-order valence-corrected chi connectivity index (χ0v) is 9.52. The van der Waals surface area contributed by atoms with Gasteiger partial charge in [-0.05, 0) is 18.2 Å². The molecule has 1 aliphatic heterocycles. The maximum Gasteiger partial charge on any atom is 0.326 e. The van der Waals surface area contributed by atoms with Crippen LogP contribution < -0.4 is 0 Å². The molecule has 6 heteroatoms. The number of aliphatic carboxylic acids is 1. The molecule has 1 aliphatic rings. The number of carbonyl (C=O) groups is 2. The molecule has 6 nitrogen and oxygen atoms in total. The summed E-state index contributed by atoms with van der Waals surface area (Å²) in [7, 11) is 0. The molecular formula is C12H13NO5. The lowest BCUT2D eigenvalue weighted by Gasteiger charge is -2.18. The molecular weight excluding hydrogens is 238 g/mol. The van der Waals surface area contributed by atoms with Gasteiger partial charge in [0.15, 0.2) is 0 Å². The fourth-order valence-corrected chi connectivity index (χ4v) is 1.93. The van der Waals surface area contributed by atoms with E-state index < -0.39 is 24.0 Å². The van der Waals surface area contributed by atoms with Gasteiger partial charge in [0.05, 0.1) is 12.4 Å². The highest BCUT2D eigenvalue weighted by Gasteiger charge is 2.37. The van der Waals surface area contributed by atoms with Gasteiger partial charge in [-0.3, -0.25) is 4.79 Å². The number of β-amino-alcohol motifs (C(OH)–C–C–N with tert-alkyl or cyclic N) is 1. The summed E-state index contributed by atoms with van der Waals surface area (Å²) >= 11 is 0. The first-order valence-electron chi connectivity index (χ1n) is 5.51. The number of aliphatic hydroxyl groups is 1. The normalized spacial score (nSPS) is 23.7. The largest absolute Gasteiger partial charge is 0.480 e. The van der Waals surface area contributed by atoms with Crippen molar-refractivity contribution in [2.75, 3.05) is 6.54 Å². The maximum absolute atomic E-state index is 11.8. The fourth-order valence-electron chi connectivity index (χ4n) is 1.93. The van der Waals surface area contributed by atoms with Gasteiger partial charge < -0.3 is 19.5 Å². The average Bonchev–Trinajstić information content (AvgIpc) is 2.94. The summed E-state index contributed by atoms with van der Waals surface area (Å²) in [6.07, 6.45) is 3.46. The second-order valence-corrected chi connectivity index (χ2v) is 4.08. The molecule has 0 aromatic carbocycles. The van der Waals surface area contributed by atoms with Crippen molar-refractivity contribution in [1.82, 2.24) is 4.90 Å². The molecule has 18 heavy (non-hydrogen) atoms. The monoisotopic (exact) mass is 251 g/mol. The summed E-state index contributed by atoms with van der Waals surface area (Å²) in [5, 5.41) is 18.4. The number of furan rings is 1. The van der Waals surface area contributed by atoms with Crippen molar-refractivity contribution in [3.8, 4) is 0 Å². The van der Waals surface area contributed by atoms with Crippen LogP contribution in [0.5, 0.6) is 0 Å². The van der Waals surface area contributed by atoms with Crippen LogP contribution in [0.2, 0.25) is 0 Å². The van der Waals surface area contributed by atoms with E-state index in [1.165, 1.54) is 18.4 Å². The second-order valence-electron chi connectivity index (χ2n) is 4.08. The van der Waals surface area contributed by atoms with Gasteiger partial charge in [0, 0.05) is 19.0 Å². The van der Waals surface area contributed by atoms with Crippen LogP contribution in [0.25, 0.3) is 6.08 Å². The Morgan fingerprint density at radius 2 is 2.28 bits per heavy atom. The zero-order valence-electron chi connectivity index (χ0n) is 9.52. The van der Waals surface area contributed by atoms with Crippen molar-refractivity contribution in [3.05, 3.63) is 30.2 Å². The molecule has 2 rings (SSSR count). The van der Waals surface area contributed by atoms with Crippen LogP contribution in [-0.4, -0.2) is 45.7 Å². The van der Waals surface area contributed by atoms with Crippen molar-refractivity contribution in [1.29, 1.82) is 0 Å². The number of amides is 1. The van der Waals surface area contributed by atoms with E-state index in [2.05, 4.69) is 0 Å². The molecule has 0 radical (unpaired) electrons. The summed E-state index contributed by atoms with van der Waals surface area (Å²) in [5.74, 6) is -1.04. The highest BCUT2D eigenvalue weighted by atomic mass is 16.4. The van der Waals surface area contributed by atoms with Crippen LogP contribution in [-0.2, 0) is 9.59 Å². The first kappa shape index (κ1) is 12.4. The van der Waals surface area contributed by atoms with Crippen LogP contribution in [0.4, 0.5) is 0 Å². The second kappa shape index (κ2) is 5.05. The number of hydrogen-bond donors (Lipinski definition) is 2. The van der Waals surface area contributed by atoms with Crippen molar-refractivity contribution in [2.45, 2.75) is 18.6 Å². The lowest BCUT2D eigenvalue weighted by atomic mass is 10.2. The predicted molar refractivity (Wildman–Crippen MR) is 61.5 cm³/mol. The number of likely N-dealkylation sites (tertiary alicyclic amines) is 1. The first-order valence-corrected chi connectivity index (χ1v) is 5.51. The van der Waals surface area contributed by atoms with Gasteiger partial charge in [-0.25, -0.2) is 4.79 Å². The Bertz CT molecular complexity index is 465. The number of hydrogen-bond acceptors (Lipinski definition) is 4. The van der Waals surface area contributed by atoms with E-state index in [1.807, 2.05) is 0 Å². The number of aliphatic hydroxyl groups excluding tert-OH is 1. The molecule has 0 bridgehead atoms. The van der Waals surface area contributed by atoms with E-state index >= 15 is 0 Å². The van der Waals surface area contributed by atoms with E-state index in [9.17, 15) is 14.7 Å². The van der Waals surface area contributed by atoms with Crippen LogP contribution in [0.15, 0.2) is 28.9 Å². The minimum Gasteiger partial charge on any atom is -0.480 e. The number of nitrogens with zero attached hydrogens (tertiary/aromatic N) is 1. The van der Waals surface area contributed by atoms with E-state index in [1.54, 1.807) is 12.1 Å². The van der Waals surface area contributed by atoms with Crippen molar-refractivity contribution < 1.29 is 24.2 Å². The smallest absolute Gasteiger partial charge is 0.326 e. The zero-order chi connectivity index (χ0) is 13.1. The third-order valence-electron chi connectivity index (χ3n) is 2.78. The summed E-state index contributed by atoms with van der Waals surface area (Å²) in [6.45, 7) is 0.0400. The summed E-state index contributed by atoms with van der Waals surface area (Å²) < 4.78 is 5.02. The van der Waals surface area contributed by atoms with Crippen molar-refractivity contribution in [2.24, 2.45) is 0 Å². The molecule has 2 N–H and O–H groups in total. The van der Waals surface area contributed by atoms with Crippen molar-refractivity contribution >= 4 is 18.0 Å². The Morgan fingerprint density at radius 1 is 1.50 bits per heavy atom. The third-order valence-corrected chi connectivity index (χ3v) is 2.78. The van der Waals surface area contributed by atoms with Gasteiger partial charge in [0.25, 0.3) is 0 Å². The number of carbonyl (C=O) groups excluding carboxylic acids is 1. The number of carboxylic acids is 1. The summed E-state index contributed by atoms with van der Waals surface area (Å²) in [5.41, 5.74) is 0. The molecule has 1 saturated heterocycles. The molecule has 0 aliphatic carbocycles. The summed E-state index contributed by atoms with van der Waals surface area (Å²) in [6, 6.07) is 2.40. The molecule has 1 aromatic heterocycles. The highest BCUT2D eigenvalue weighted by Crippen LogP contribution is 2.18. The Balaban J connectivity index is 2.06. The van der Waals surface area contributed by atoms with E-state index in [4.69, 9.17) is 9.52 Å². The van der Waals surface area contributed by atoms with Crippen LogP contribution in [0.1, 0.15) is 12.2 Å². The van der Waals surface area contributed by atoms with E-state index in [-0.39, 0.29) is 13.0 Å². The minimum absolute atomic E-state index is 0.0400. The first-order chi connectivity index (χ1) is 8.58. The van der Waals surface area contributed by atoms with Crippen molar-refractivity contribution in [3.63, 3.8) is 0 Å². The van der Waals surface area contributed by atoms with Gasteiger partial charge in [-0.1, -0.05) is 0 Å². The fraction of sp³-hybridized carbons (Fsp3) is 0.333. The van der Waals surface area contributed by atoms with E-state index in [0.29, 0.717) is 5.76 Å². The topological polar surface area (TPSA) is 91.0 Å². The Hall–Kier alpha value is -2.08. The minimum atomic E-state index is -1.11. The molecule has 0 unspecified atom stereocenters. The van der Waals surface area contributed by atoms with E-state index in [0.717, 1.165) is 4.90 Å². The Morgan fingerprint density at radius 3 is 2.89 bits per heavy atom. The molecule has 0 saturated carbocycles. The van der Waals surface area contributed by atoms with Gasteiger partial charge in [0.2, 0.25) is 5.91 Å². The van der Waals surface area contributed by atoms with Gasteiger partial charge in [-0.2, -0.15) is 0 Å². The lowest BCUT2D eigenvalue weighted by molar-refractivity contribution is -0.146. The SMILES string of the molecule is O=C(O)[C@@H]1C[C@@H](O)CN1C(=O)C=Cc1ccco1. The van der Waals surface area contributed by atoms with Gasteiger partial charge in [-0.15, -0.1) is 0 Å².